The van der Waals surface area contributed by atoms with E-state index in [-0.39, 0.29) is 12.4 Å². The highest BCUT2D eigenvalue weighted by Gasteiger charge is 2.07. The SMILES string of the molecule is CNCCN(C)CC(C)c1ccccc1.Cl. The van der Waals surface area contributed by atoms with Crippen molar-refractivity contribution in [3.05, 3.63) is 35.9 Å². The monoisotopic (exact) mass is 242 g/mol. The first-order chi connectivity index (χ1) is 7.24. The van der Waals surface area contributed by atoms with Crippen LogP contribution in [0.25, 0.3) is 0 Å². The Morgan fingerprint density at radius 3 is 2.44 bits per heavy atom. The molecule has 0 radical (unpaired) electrons. The molecule has 0 aliphatic heterocycles. The average molecular weight is 243 g/mol. The van der Waals surface area contributed by atoms with E-state index in [1.54, 1.807) is 0 Å². The maximum atomic E-state index is 3.17. The van der Waals surface area contributed by atoms with Gasteiger partial charge in [0.1, 0.15) is 0 Å². The molecule has 1 atom stereocenters. The molecule has 92 valence electrons. The minimum atomic E-state index is 0. The molecule has 0 amide bonds. The molecule has 1 rings (SSSR count). The van der Waals surface area contributed by atoms with Gasteiger partial charge >= 0.3 is 0 Å². The van der Waals surface area contributed by atoms with E-state index in [0.717, 1.165) is 19.6 Å². The van der Waals surface area contributed by atoms with E-state index in [2.05, 4.69) is 54.5 Å². The molecule has 16 heavy (non-hydrogen) atoms. The number of hydrogen-bond acceptors (Lipinski definition) is 2. The summed E-state index contributed by atoms with van der Waals surface area (Å²) in [4.78, 5) is 2.37. The normalized spacial score (nSPS) is 12.2. The molecule has 0 heterocycles. The lowest BCUT2D eigenvalue weighted by Gasteiger charge is -2.21. The van der Waals surface area contributed by atoms with E-state index >= 15 is 0 Å². The first-order valence-corrected chi connectivity index (χ1v) is 5.62. The van der Waals surface area contributed by atoms with Crippen LogP contribution in [0, 0.1) is 0 Å². The summed E-state index contributed by atoms with van der Waals surface area (Å²) in [6.07, 6.45) is 0. The van der Waals surface area contributed by atoms with Crippen LogP contribution in [0.15, 0.2) is 30.3 Å². The van der Waals surface area contributed by atoms with Crippen molar-refractivity contribution in [1.29, 1.82) is 0 Å². The summed E-state index contributed by atoms with van der Waals surface area (Å²) in [5, 5.41) is 3.17. The Labute approximate surface area is 105 Å². The van der Waals surface area contributed by atoms with Crippen molar-refractivity contribution < 1.29 is 0 Å². The van der Waals surface area contributed by atoms with Crippen LogP contribution in [0.1, 0.15) is 18.4 Å². The van der Waals surface area contributed by atoms with Crippen LogP contribution in [-0.4, -0.2) is 38.6 Å². The summed E-state index contributed by atoms with van der Waals surface area (Å²) in [6.45, 7) is 5.56. The van der Waals surface area contributed by atoms with Gasteiger partial charge in [0.05, 0.1) is 0 Å². The van der Waals surface area contributed by atoms with Gasteiger partial charge in [0, 0.05) is 19.6 Å². The molecule has 3 heteroatoms. The van der Waals surface area contributed by atoms with Crippen LogP contribution in [-0.2, 0) is 0 Å². The maximum absolute atomic E-state index is 3.17. The van der Waals surface area contributed by atoms with Gasteiger partial charge in [-0.05, 0) is 25.6 Å². The van der Waals surface area contributed by atoms with Crippen LogP contribution >= 0.6 is 12.4 Å². The molecule has 0 aliphatic rings. The lowest BCUT2D eigenvalue weighted by Crippen LogP contribution is -2.30. The molecule has 1 unspecified atom stereocenters. The number of nitrogens with one attached hydrogen (secondary N) is 1. The highest BCUT2D eigenvalue weighted by atomic mass is 35.5. The van der Waals surface area contributed by atoms with Crippen LogP contribution in [0.3, 0.4) is 0 Å². The molecule has 1 aromatic carbocycles. The van der Waals surface area contributed by atoms with Crippen molar-refractivity contribution in [3.63, 3.8) is 0 Å². The lowest BCUT2D eigenvalue weighted by molar-refractivity contribution is 0.318. The molecule has 2 nitrogen and oxygen atoms in total. The third kappa shape index (κ3) is 5.50. The molecule has 0 saturated heterocycles. The third-order valence-electron chi connectivity index (χ3n) is 2.70. The number of halogens is 1. The van der Waals surface area contributed by atoms with Crippen LogP contribution < -0.4 is 5.32 Å². The van der Waals surface area contributed by atoms with Crippen LogP contribution in [0.2, 0.25) is 0 Å². The van der Waals surface area contributed by atoms with Gasteiger partial charge in [0.15, 0.2) is 0 Å². The van der Waals surface area contributed by atoms with Crippen LogP contribution in [0.4, 0.5) is 0 Å². The summed E-state index contributed by atoms with van der Waals surface area (Å²) in [5.74, 6) is 0.605. The molecular formula is C13H23ClN2. The standard InChI is InChI=1S/C13H22N2.ClH/c1-12(11-15(3)10-9-14-2)13-7-5-4-6-8-13;/h4-8,12,14H,9-11H2,1-3H3;1H. The van der Waals surface area contributed by atoms with Gasteiger partial charge in [0.2, 0.25) is 0 Å². The predicted octanol–water partition coefficient (Wildman–Crippen LogP) is 2.36. The van der Waals surface area contributed by atoms with Gasteiger partial charge in [-0.1, -0.05) is 37.3 Å². The van der Waals surface area contributed by atoms with Gasteiger partial charge < -0.3 is 10.2 Å². The fourth-order valence-corrected chi connectivity index (χ4v) is 1.75. The minimum Gasteiger partial charge on any atom is -0.318 e. The molecule has 0 saturated carbocycles. The van der Waals surface area contributed by atoms with Gasteiger partial charge in [-0.2, -0.15) is 0 Å². The second kappa shape index (κ2) is 8.57. The molecule has 0 spiro atoms. The fraction of sp³-hybridized carbons (Fsp3) is 0.538. The number of rotatable bonds is 6. The summed E-state index contributed by atoms with van der Waals surface area (Å²) < 4.78 is 0. The molecular weight excluding hydrogens is 220 g/mol. The molecule has 0 aromatic heterocycles. The number of benzene rings is 1. The zero-order chi connectivity index (χ0) is 11.1. The number of hydrogen-bond donors (Lipinski definition) is 1. The highest BCUT2D eigenvalue weighted by molar-refractivity contribution is 5.85. The smallest absolute Gasteiger partial charge is 0.0104 e. The Morgan fingerprint density at radius 1 is 1.25 bits per heavy atom. The van der Waals surface area contributed by atoms with Crippen molar-refractivity contribution in [1.82, 2.24) is 10.2 Å². The van der Waals surface area contributed by atoms with Crippen molar-refractivity contribution in [3.8, 4) is 0 Å². The lowest BCUT2D eigenvalue weighted by atomic mass is 10.0. The van der Waals surface area contributed by atoms with E-state index < -0.39 is 0 Å². The molecule has 0 fully saturated rings. The summed E-state index contributed by atoms with van der Waals surface area (Å²) >= 11 is 0. The predicted molar refractivity (Wildman–Crippen MR) is 73.5 cm³/mol. The minimum absolute atomic E-state index is 0. The van der Waals surface area contributed by atoms with Crippen molar-refractivity contribution in [2.45, 2.75) is 12.8 Å². The van der Waals surface area contributed by atoms with Gasteiger partial charge in [-0.25, -0.2) is 0 Å². The van der Waals surface area contributed by atoms with E-state index in [4.69, 9.17) is 0 Å². The average Bonchev–Trinajstić information content (AvgIpc) is 2.27. The summed E-state index contributed by atoms with van der Waals surface area (Å²) in [6, 6.07) is 10.7. The maximum Gasteiger partial charge on any atom is 0.0104 e. The first kappa shape index (κ1) is 15.4. The molecule has 1 N–H and O–H groups in total. The second-order valence-electron chi connectivity index (χ2n) is 4.18. The highest BCUT2D eigenvalue weighted by Crippen LogP contribution is 2.14. The fourth-order valence-electron chi connectivity index (χ4n) is 1.75. The Hall–Kier alpha value is -0.570. The van der Waals surface area contributed by atoms with Gasteiger partial charge in [0.25, 0.3) is 0 Å². The molecule has 0 aliphatic carbocycles. The number of nitrogens with zero attached hydrogens (tertiary/aromatic N) is 1. The van der Waals surface area contributed by atoms with E-state index in [0.29, 0.717) is 5.92 Å². The zero-order valence-corrected chi connectivity index (χ0v) is 11.3. The summed E-state index contributed by atoms with van der Waals surface area (Å²) in [5.41, 5.74) is 1.42. The van der Waals surface area contributed by atoms with E-state index in [9.17, 15) is 0 Å². The first-order valence-electron chi connectivity index (χ1n) is 5.62. The Kier molecular flexibility index (Phi) is 8.26. The largest absolute Gasteiger partial charge is 0.318 e. The quantitative estimate of drug-likeness (QED) is 0.824. The Bertz CT molecular complexity index is 264. The van der Waals surface area contributed by atoms with E-state index in [1.165, 1.54) is 5.56 Å². The van der Waals surface area contributed by atoms with Gasteiger partial charge in [-0.3, -0.25) is 0 Å². The van der Waals surface area contributed by atoms with E-state index in [1.807, 2.05) is 7.05 Å². The van der Waals surface area contributed by atoms with Gasteiger partial charge in [-0.15, -0.1) is 12.4 Å². The number of likely N-dealkylation sites (N-methyl/N-ethyl adjacent to an activating group) is 2. The summed E-state index contributed by atoms with van der Waals surface area (Å²) in [7, 11) is 4.17. The van der Waals surface area contributed by atoms with Crippen molar-refractivity contribution in [2.75, 3.05) is 33.7 Å². The van der Waals surface area contributed by atoms with Crippen LogP contribution in [0.5, 0.6) is 0 Å². The third-order valence-corrected chi connectivity index (χ3v) is 2.70. The molecule has 0 bridgehead atoms. The Morgan fingerprint density at radius 2 is 1.88 bits per heavy atom. The Balaban J connectivity index is 0.00000225. The molecule has 1 aromatic rings. The topological polar surface area (TPSA) is 15.3 Å². The second-order valence-corrected chi connectivity index (χ2v) is 4.18. The van der Waals surface area contributed by atoms with Crippen molar-refractivity contribution >= 4 is 12.4 Å². The zero-order valence-electron chi connectivity index (χ0n) is 10.4. The van der Waals surface area contributed by atoms with Crippen molar-refractivity contribution in [2.24, 2.45) is 0 Å².